The number of likely N-dealkylation sites (tertiary alicyclic amines) is 1. The first kappa shape index (κ1) is 21.3. The molecule has 28 heavy (non-hydrogen) atoms. The van der Waals surface area contributed by atoms with Gasteiger partial charge in [0.05, 0.1) is 13.1 Å². The van der Waals surface area contributed by atoms with Crippen LogP contribution >= 0.6 is 0 Å². The van der Waals surface area contributed by atoms with Gasteiger partial charge in [0.2, 0.25) is 5.91 Å². The highest BCUT2D eigenvalue weighted by Crippen LogP contribution is 2.26. The molecule has 1 aromatic rings. The van der Waals surface area contributed by atoms with E-state index < -0.39 is 41.2 Å². The van der Waals surface area contributed by atoms with Crippen LogP contribution in [0.3, 0.4) is 0 Å². The Hall–Kier alpha value is -2.98. The van der Waals surface area contributed by atoms with Crippen LogP contribution < -0.4 is 15.8 Å². The number of benzene rings is 1. The third-order valence-electron chi connectivity index (χ3n) is 3.73. The number of nitrogens with one attached hydrogen (secondary N) is 1. The molecule has 1 heterocycles. The second-order valence-electron chi connectivity index (χ2n) is 7.31. The zero-order chi connectivity index (χ0) is 21.3. The molecule has 2 rings (SSSR count). The van der Waals surface area contributed by atoms with Crippen molar-refractivity contribution in [1.29, 1.82) is 0 Å². The predicted octanol–water partition coefficient (Wildman–Crippen LogP) is 1.79. The summed E-state index contributed by atoms with van der Waals surface area (Å²) in [5.74, 6) is -2.31. The van der Waals surface area contributed by atoms with Gasteiger partial charge < -0.3 is 25.4 Å². The molecular weight excluding hydrogens is 383 g/mol. The first-order valence-electron chi connectivity index (χ1n) is 8.17. The van der Waals surface area contributed by atoms with Crippen molar-refractivity contribution < 1.29 is 37.0 Å². The van der Waals surface area contributed by atoms with Gasteiger partial charge in [-0.05, 0) is 39.0 Å². The quantitative estimate of drug-likeness (QED) is 0.796. The number of amides is 3. The van der Waals surface area contributed by atoms with Gasteiger partial charge in [-0.3, -0.25) is 9.59 Å². The lowest BCUT2D eigenvalue weighted by molar-refractivity contribution is -0.274. The first-order valence-corrected chi connectivity index (χ1v) is 8.17. The van der Waals surface area contributed by atoms with E-state index in [2.05, 4.69) is 10.1 Å². The molecule has 11 heteroatoms. The molecule has 0 bridgehead atoms. The zero-order valence-corrected chi connectivity index (χ0v) is 15.4. The third kappa shape index (κ3) is 5.27. The van der Waals surface area contributed by atoms with Gasteiger partial charge in [-0.25, -0.2) is 4.79 Å². The summed E-state index contributed by atoms with van der Waals surface area (Å²) in [6.07, 6.45) is -5.59. The second kappa shape index (κ2) is 7.21. The molecule has 0 radical (unpaired) electrons. The van der Waals surface area contributed by atoms with Gasteiger partial charge in [-0.1, -0.05) is 6.07 Å². The zero-order valence-electron chi connectivity index (χ0n) is 15.4. The molecule has 3 amide bonds. The van der Waals surface area contributed by atoms with Crippen LogP contribution in [0.1, 0.15) is 31.1 Å². The molecule has 3 N–H and O–H groups in total. The molecule has 0 saturated carbocycles. The van der Waals surface area contributed by atoms with Crippen LogP contribution in [0.15, 0.2) is 24.3 Å². The topological polar surface area (TPSA) is 111 Å². The highest BCUT2D eigenvalue weighted by atomic mass is 19.4. The number of rotatable bonds is 4. The highest BCUT2D eigenvalue weighted by Gasteiger charge is 2.52. The van der Waals surface area contributed by atoms with Crippen LogP contribution in [0, 0.1) is 0 Å². The average Bonchev–Trinajstić information content (AvgIpc) is 2.46. The maximum atomic E-state index is 12.4. The number of carbonyl (C=O) groups excluding carboxylic acids is 3. The molecule has 8 nitrogen and oxygen atoms in total. The Kier molecular flexibility index (Phi) is 5.49. The fourth-order valence-electron chi connectivity index (χ4n) is 2.48. The van der Waals surface area contributed by atoms with Crippen molar-refractivity contribution in [3.8, 4) is 5.75 Å². The second-order valence-corrected chi connectivity index (χ2v) is 7.31. The maximum Gasteiger partial charge on any atom is 0.573 e. The largest absolute Gasteiger partial charge is 0.573 e. The van der Waals surface area contributed by atoms with Crippen molar-refractivity contribution in [2.75, 3.05) is 13.1 Å². The molecule has 154 valence electrons. The molecule has 1 aliphatic rings. The van der Waals surface area contributed by atoms with Crippen molar-refractivity contribution >= 4 is 17.9 Å². The molecule has 0 aliphatic carbocycles. The number of nitrogens with zero attached hydrogens (tertiary/aromatic N) is 1. The molecule has 0 aromatic heterocycles. The van der Waals surface area contributed by atoms with Crippen molar-refractivity contribution in [2.45, 2.75) is 38.3 Å². The smallest absolute Gasteiger partial charge is 0.444 e. The summed E-state index contributed by atoms with van der Waals surface area (Å²) in [7, 11) is 0. The van der Waals surface area contributed by atoms with Crippen molar-refractivity contribution in [2.24, 2.45) is 5.73 Å². The lowest BCUT2D eigenvalue weighted by atomic mass is 9.88. The number of nitrogens with two attached hydrogens (primary N) is 1. The van der Waals surface area contributed by atoms with E-state index in [9.17, 15) is 27.6 Å². The lowest BCUT2D eigenvalue weighted by Gasteiger charge is -2.47. The van der Waals surface area contributed by atoms with E-state index in [1.807, 2.05) is 0 Å². The summed E-state index contributed by atoms with van der Waals surface area (Å²) in [4.78, 5) is 37.4. The van der Waals surface area contributed by atoms with E-state index in [1.165, 1.54) is 17.0 Å². The van der Waals surface area contributed by atoms with Crippen LogP contribution in [0.4, 0.5) is 18.0 Å². The molecule has 0 spiro atoms. The number of hydrogen-bond acceptors (Lipinski definition) is 5. The van der Waals surface area contributed by atoms with E-state index in [1.54, 1.807) is 20.8 Å². The molecule has 1 aromatic carbocycles. The van der Waals surface area contributed by atoms with Gasteiger partial charge >= 0.3 is 12.5 Å². The number of alkyl halides is 3. The Labute approximate surface area is 158 Å². The monoisotopic (exact) mass is 403 g/mol. The first-order chi connectivity index (χ1) is 12.7. The fourth-order valence-corrected chi connectivity index (χ4v) is 2.48. The number of carbonyl (C=O) groups is 3. The molecule has 0 atom stereocenters. The van der Waals surface area contributed by atoms with Crippen LogP contribution in [-0.2, 0) is 9.53 Å². The van der Waals surface area contributed by atoms with Gasteiger partial charge in [0.25, 0.3) is 5.91 Å². The summed E-state index contributed by atoms with van der Waals surface area (Å²) in [5, 5.41) is 2.38. The summed E-state index contributed by atoms with van der Waals surface area (Å²) in [6, 6.07) is 4.35. The summed E-state index contributed by atoms with van der Waals surface area (Å²) in [6.45, 7) is 4.57. The number of primary amides is 1. The maximum absolute atomic E-state index is 12.4. The Balaban J connectivity index is 2.08. The van der Waals surface area contributed by atoms with Crippen molar-refractivity contribution in [3.05, 3.63) is 29.8 Å². The molecule has 0 unspecified atom stereocenters. The van der Waals surface area contributed by atoms with Gasteiger partial charge in [-0.2, -0.15) is 0 Å². The van der Waals surface area contributed by atoms with Gasteiger partial charge in [0.15, 0.2) is 5.54 Å². The molecule has 1 fully saturated rings. The van der Waals surface area contributed by atoms with Crippen molar-refractivity contribution in [3.63, 3.8) is 0 Å². The van der Waals surface area contributed by atoms with E-state index >= 15 is 0 Å². The predicted molar refractivity (Wildman–Crippen MR) is 90.3 cm³/mol. The minimum absolute atomic E-state index is 0.168. The lowest BCUT2D eigenvalue weighted by Crippen LogP contribution is -2.76. The van der Waals surface area contributed by atoms with Crippen molar-refractivity contribution in [1.82, 2.24) is 10.2 Å². The minimum atomic E-state index is -4.91. The molecule has 1 aliphatic heterocycles. The van der Waals surface area contributed by atoms with Crippen LogP contribution in [-0.4, -0.2) is 53.4 Å². The average molecular weight is 403 g/mol. The molecule has 1 saturated heterocycles. The summed E-state index contributed by atoms with van der Waals surface area (Å²) < 4.78 is 45.9. The standard InChI is InChI=1S/C17H20F3N3O5/c1-15(2,3)28-14(26)23-8-16(9-23,13(21)25)22-12(24)10-5-4-6-11(7-10)27-17(18,19)20/h4-7H,8-9H2,1-3H3,(H2,21,25)(H,22,24). The number of halogens is 3. The van der Waals surface area contributed by atoms with Crippen LogP contribution in [0.25, 0.3) is 0 Å². The van der Waals surface area contributed by atoms with Crippen LogP contribution in [0.2, 0.25) is 0 Å². The minimum Gasteiger partial charge on any atom is -0.444 e. The van der Waals surface area contributed by atoms with Gasteiger partial charge in [0.1, 0.15) is 11.4 Å². The Bertz CT molecular complexity index is 783. The Morgan fingerprint density at radius 3 is 2.29 bits per heavy atom. The van der Waals surface area contributed by atoms with E-state index in [0.717, 1.165) is 12.1 Å². The third-order valence-corrected chi connectivity index (χ3v) is 3.73. The van der Waals surface area contributed by atoms with Gasteiger partial charge in [0, 0.05) is 5.56 Å². The number of hydrogen-bond donors (Lipinski definition) is 2. The number of ether oxygens (including phenoxy) is 2. The highest BCUT2D eigenvalue weighted by molar-refractivity contribution is 6.00. The summed E-state index contributed by atoms with van der Waals surface area (Å²) >= 11 is 0. The van der Waals surface area contributed by atoms with Gasteiger partial charge in [-0.15, -0.1) is 13.2 Å². The Morgan fingerprint density at radius 1 is 1.18 bits per heavy atom. The fraction of sp³-hybridized carbons (Fsp3) is 0.471. The SMILES string of the molecule is CC(C)(C)OC(=O)N1CC(NC(=O)c2cccc(OC(F)(F)F)c2)(C(N)=O)C1. The summed E-state index contributed by atoms with van der Waals surface area (Å²) in [5.41, 5.74) is 2.90. The Morgan fingerprint density at radius 2 is 1.79 bits per heavy atom. The normalized spacial score (nSPS) is 16.0. The van der Waals surface area contributed by atoms with E-state index in [-0.39, 0.29) is 18.7 Å². The van der Waals surface area contributed by atoms with E-state index in [4.69, 9.17) is 10.5 Å². The van der Waals surface area contributed by atoms with E-state index in [0.29, 0.717) is 0 Å². The molecular formula is C17H20F3N3O5. The van der Waals surface area contributed by atoms with Crippen LogP contribution in [0.5, 0.6) is 5.75 Å².